The molecule has 0 radical (unpaired) electrons. The van der Waals surface area contributed by atoms with Crippen molar-refractivity contribution in [3.05, 3.63) is 41.5 Å². The van der Waals surface area contributed by atoms with Gasteiger partial charge in [0.15, 0.2) is 11.6 Å². The first-order chi connectivity index (χ1) is 13.6. The maximum Gasteiger partial charge on any atom is 0.200 e. The van der Waals surface area contributed by atoms with Gasteiger partial charge in [-0.2, -0.15) is 4.39 Å². The minimum absolute atomic E-state index is 0.0298. The fourth-order valence-electron chi connectivity index (χ4n) is 5.29. The molecule has 0 atom stereocenters. The third-order valence-corrected chi connectivity index (χ3v) is 6.94. The Morgan fingerprint density at radius 1 is 0.893 bits per heavy atom. The van der Waals surface area contributed by atoms with Crippen LogP contribution in [0.15, 0.2) is 24.3 Å². The van der Waals surface area contributed by atoms with Crippen molar-refractivity contribution in [3.8, 4) is 5.75 Å². The summed E-state index contributed by atoms with van der Waals surface area (Å²) in [6, 6.07) is 3.33. The van der Waals surface area contributed by atoms with Gasteiger partial charge in [-0.1, -0.05) is 31.6 Å². The molecule has 3 rings (SSSR count). The molecule has 2 fully saturated rings. The van der Waals surface area contributed by atoms with Crippen LogP contribution in [0.2, 0.25) is 0 Å². The number of allylic oxidation sites excluding steroid dienone is 2. The summed E-state index contributed by atoms with van der Waals surface area (Å²) in [6.45, 7) is 4.35. The highest BCUT2D eigenvalue weighted by Gasteiger charge is 2.32. The molecule has 2 aliphatic rings. The largest absolute Gasteiger partial charge is 0.491 e. The Kier molecular flexibility index (Phi) is 7.93. The standard InChI is InChI=1S/C25H36F2O/c1-3-5-6-7-18-8-10-19(11-9-18)20-12-14-21(15-13-20)22-16-17-23(28-4-2)25(27)24(22)26/h6-7,16-21H,3-5,8-15H2,1-2H3. The molecule has 0 bridgehead atoms. The quantitative estimate of drug-likeness (QED) is 0.432. The lowest BCUT2D eigenvalue weighted by Gasteiger charge is -2.37. The average molecular weight is 391 g/mol. The predicted octanol–water partition coefficient (Wildman–Crippen LogP) is 7.80. The van der Waals surface area contributed by atoms with Gasteiger partial charge in [0.2, 0.25) is 5.82 Å². The van der Waals surface area contributed by atoms with Crippen LogP contribution in [0.4, 0.5) is 8.78 Å². The summed E-state index contributed by atoms with van der Waals surface area (Å²) >= 11 is 0. The van der Waals surface area contributed by atoms with Crippen molar-refractivity contribution in [2.75, 3.05) is 6.61 Å². The van der Waals surface area contributed by atoms with E-state index >= 15 is 0 Å². The number of hydrogen-bond acceptors (Lipinski definition) is 1. The highest BCUT2D eigenvalue weighted by atomic mass is 19.2. The summed E-state index contributed by atoms with van der Waals surface area (Å²) in [4.78, 5) is 0. The van der Waals surface area contributed by atoms with E-state index in [1.807, 2.05) is 0 Å². The summed E-state index contributed by atoms with van der Waals surface area (Å²) < 4.78 is 33.9. The summed E-state index contributed by atoms with van der Waals surface area (Å²) in [5.41, 5.74) is 0.546. The lowest BCUT2D eigenvalue weighted by Crippen LogP contribution is -2.25. The molecule has 0 unspecified atom stereocenters. The van der Waals surface area contributed by atoms with E-state index in [9.17, 15) is 8.78 Å². The molecule has 1 nitrogen and oxygen atoms in total. The second kappa shape index (κ2) is 10.4. The van der Waals surface area contributed by atoms with Gasteiger partial charge in [-0.3, -0.25) is 0 Å². The highest BCUT2D eigenvalue weighted by molar-refractivity contribution is 5.33. The molecule has 2 saturated carbocycles. The van der Waals surface area contributed by atoms with Crippen LogP contribution in [-0.2, 0) is 0 Å². The lowest BCUT2D eigenvalue weighted by atomic mass is 9.68. The topological polar surface area (TPSA) is 9.23 Å². The molecule has 3 heteroatoms. The van der Waals surface area contributed by atoms with Crippen LogP contribution >= 0.6 is 0 Å². The Hall–Kier alpha value is -1.38. The Labute approximate surface area is 169 Å². The van der Waals surface area contributed by atoms with Crippen LogP contribution in [0.3, 0.4) is 0 Å². The summed E-state index contributed by atoms with van der Waals surface area (Å²) in [6.07, 6.45) is 16.8. The number of benzene rings is 1. The van der Waals surface area contributed by atoms with Crippen LogP contribution in [0.25, 0.3) is 0 Å². The average Bonchev–Trinajstić information content (AvgIpc) is 2.73. The molecule has 0 spiro atoms. The molecule has 0 aromatic heterocycles. The molecule has 156 valence electrons. The third-order valence-electron chi connectivity index (χ3n) is 6.94. The maximum absolute atomic E-state index is 14.5. The minimum Gasteiger partial charge on any atom is -0.491 e. The summed E-state index contributed by atoms with van der Waals surface area (Å²) in [5, 5.41) is 0. The van der Waals surface area contributed by atoms with Gasteiger partial charge in [0.05, 0.1) is 6.61 Å². The molecule has 2 aliphatic carbocycles. The van der Waals surface area contributed by atoms with E-state index in [1.54, 1.807) is 19.1 Å². The number of halogens is 2. The second-order valence-electron chi connectivity index (χ2n) is 8.72. The second-order valence-corrected chi connectivity index (χ2v) is 8.72. The van der Waals surface area contributed by atoms with Gasteiger partial charge in [-0.25, -0.2) is 4.39 Å². The Morgan fingerprint density at radius 3 is 2.14 bits per heavy atom. The molecule has 0 saturated heterocycles. The van der Waals surface area contributed by atoms with Gasteiger partial charge < -0.3 is 4.74 Å². The van der Waals surface area contributed by atoms with Gasteiger partial charge in [-0.05, 0) is 100 Å². The van der Waals surface area contributed by atoms with Crippen molar-refractivity contribution in [3.63, 3.8) is 0 Å². The molecule has 28 heavy (non-hydrogen) atoms. The van der Waals surface area contributed by atoms with Crippen molar-refractivity contribution in [2.45, 2.75) is 84.0 Å². The van der Waals surface area contributed by atoms with Crippen molar-refractivity contribution in [1.82, 2.24) is 0 Å². The van der Waals surface area contributed by atoms with Crippen LogP contribution in [0.1, 0.15) is 89.5 Å². The Morgan fingerprint density at radius 2 is 1.54 bits per heavy atom. The molecule has 0 heterocycles. The van der Waals surface area contributed by atoms with Crippen molar-refractivity contribution in [2.24, 2.45) is 17.8 Å². The van der Waals surface area contributed by atoms with E-state index in [-0.39, 0.29) is 11.7 Å². The lowest BCUT2D eigenvalue weighted by molar-refractivity contribution is 0.170. The molecular weight excluding hydrogens is 354 g/mol. The van der Waals surface area contributed by atoms with Crippen LogP contribution in [0.5, 0.6) is 5.75 Å². The van der Waals surface area contributed by atoms with Gasteiger partial charge in [0.25, 0.3) is 0 Å². The Balaban J connectivity index is 1.51. The maximum atomic E-state index is 14.5. The van der Waals surface area contributed by atoms with Crippen molar-refractivity contribution < 1.29 is 13.5 Å². The minimum atomic E-state index is -0.823. The first kappa shape index (κ1) is 21.3. The van der Waals surface area contributed by atoms with Crippen LogP contribution in [-0.4, -0.2) is 6.61 Å². The third kappa shape index (κ3) is 5.15. The number of rotatable bonds is 7. The fraction of sp³-hybridized carbons (Fsp3) is 0.680. The van der Waals surface area contributed by atoms with Crippen molar-refractivity contribution in [1.29, 1.82) is 0 Å². The van der Waals surface area contributed by atoms with Gasteiger partial charge in [0, 0.05) is 0 Å². The van der Waals surface area contributed by atoms with E-state index in [2.05, 4.69) is 19.1 Å². The van der Waals surface area contributed by atoms with Crippen molar-refractivity contribution >= 4 is 0 Å². The Bertz CT molecular complexity index is 638. The normalized spacial score (nSPS) is 28.6. The summed E-state index contributed by atoms with van der Waals surface area (Å²) in [7, 11) is 0. The van der Waals surface area contributed by atoms with E-state index < -0.39 is 11.6 Å². The van der Waals surface area contributed by atoms with Gasteiger partial charge in [0.1, 0.15) is 0 Å². The first-order valence-electron chi connectivity index (χ1n) is 11.4. The molecule has 0 aliphatic heterocycles. The monoisotopic (exact) mass is 390 g/mol. The SMILES string of the molecule is CCCC=CC1CCC(C2CCC(c3ccc(OCC)c(F)c3F)CC2)CC1. The zero-order chi connectivity index (χ0) is 19.9. The number of ether oxygens (including phenoxy) is 1. The van der Waals surface area contributed by atoms with Gasteiger partial charge in [-0.15, -0.1) is 0 Å². The zero-order valence-corrected chi connectivity index (χ0v) is 17.6. The van der Waals surface area contributed by atoms with E-state index in [0.29, 0.717) is 12.2 Å². The zero-order valence-electron chi connectivity index (χ0n) is 17.6. The fourth-order valence-corrected chi connectivity index (χ4v) is 5.29. The molecule has 0 N–H and O–H groups in total. The number of hydrogen-bond donors (Lipinski definition) is 0. The number of unbranched alkanes of at least 4 members (excludes halogenated alkanes) is 1. The molecular formula is C25H36F2O. The smallest absolute Gasteiger partial charge is 0.200 e. The van der Waals surface area contributed by atoms with E-state index in [4.69, 9.17) is 4.74 Å². The predicted molar refractivity (Wildman–Crippen MR) is 112 cm³/mol. The van der Waals surface area contributed by atoms with Crippen LogP contribution in [0, 0.1) is 29.4 Å². The van der Waals surface area contributed by atoms with E-state index in [1.165, 1.54) is 38.5 Å². The van der Waals surface area contributed by atoms with E-state index in [0.717, 1.165) is 43.4 Å². The molecule has 1 aromatic carbocycles. The van der Waals surface area contributed by atoms with Crippen LogP contribution < -0.4 is 4.74 Å². The molecule has 0 amide bonds. The highest BCUT2D eigenvalue weighted by Crippen LogP contribution is 2.45. The first-order valence-corrected chi connectivity index (χ1v) is 11.4. The summed E-state index contributed by atoms with van der Waals surface area (Å²) in [5.74, 6) is 1.04. The molecule has 1 aromatic rings. The van der Waals surface area contributed by atoms with Gasteiger partial charge >= 0.3 is 0 Å².